The molecular weight excluding hydrogens is 1090 g/mol. The van der Waals surface area contributed by atoms with Crippen molar-refractivity contribution in [3.63, 3.8) is 0 Å². The molecule has 0 saturated carbocycles. The molecule has 4 saturated heterocycles. The number of nitriles is 2. The van der Waals surface area contributed by atoms with E-state index in [-0.39, 0.29) is 67.6 Å². The van der Waals surface area contributed by atoms with E-state index < -0.39 is 24.0 Å². The van der Waals surface area contributed by atoms with Gasteiger partial charge in [-0.2, -0.15) is 43.6 Å². The van der Waals surface area contributed by atoms with Crippen molar-refractivity contribution in [3.05, 3.63) is 120 Å². The number of anilines is 4. The molecule has 11 rings (SSSR count). The average molecular weight is 1170 g/mol. The topological polar surface area (TPSA) is 190 Å². The summed E-state index contributed by atoms with van der Waals surface area (Å²) in [4.78, 5) is 49.9. The second-order valence-corrected chi connectivity index (χ2v) is 23.1. The molecule has 448 valence electrons. The van der Waals surface area contributed by atoms with Gasteiger partial charge < -0.3 is 43.8 Å². The van der Waals surface area contributed by atoms with E-state index in [2.05, 4.69) is 93.2 Å². The highest BCUT2D eigenvalue weighted by Crippen LogP contribution is 2.43. The molecule has 19 nitrogen and oxygen atoms in total. The van der Waals surface area contributed by atoms with Crippen LogP contribution >= 0.6 is 0 Å². The number of benzene rings is 3. The molecule has 1 amide bonds. The van der Waals surface area contributed by atoms with E-state index in [0.29, 0.717) is 95.9 Å². The lowest BCUT2D eigenvalue weighted by Gasteiger charge is -2.43. The van der Waals surface area contributed by atoms with E-state index in [1.807, 2.05) is 4.90 Å². The third-order valence-electron chi connectivity index (χ3n) is 18.2. The minimum absolute atomic E-state index is 0.0219. The smallest absolute Gasteiger partial charge is 0.418 e. The molecule has 6 aliphatic rings. The predicted octanol–water partition coefficient (Wildman–Crippen LogP) is 6.95. The largest absolute Gasteiger partial charge is 0.462 e. The fourth-order valence-electron chi connectivity index (χ4n) is 13.8. The van der Waals surface area contributed by atoms with Gasteiger partial charge in [-0.3, -0.25) is 19.5 Å². The van der Waals surface area contributed by atoms with E-state index >= 15 is 0 Å². The van der Waals surface area contributed by atoms with Crippen molar-refractivity contribution in [2.24, 2.45) is 0 Å². The Balaban J connectivity index is 0.835. The highest BCUT2D eigenvalue weighted by atomic mass is 19.4. The molecule has 1 N–H and O–H groups in total. The lowest BCUT2D eigenvalue weighted by Crippen LogP contribution is -2.56. The van der Waals surface area contributed by atoms with Crippen LogP contribution < -0.4 is 29.1 Å². The number of para-hydroxylation sites is 1. The number of nitrogens with zero attached hydrogens (tertiary/aromatic N) is 14. The molecule has 4 fully saturated rings. The summed E-state index contributed by atoms with van der Waals surface area (Å²) in [6, 6.07) is 23.3. The number of hydrogen-bond acceptors (Lipinski definition) is 18. The van der Waals surface area contributed by atoms with Gasteiger partial charge >= 0.3 is 18.2 Å². The first-order valence-corrected chi connectivity index (χ1v) is 29.7. The number of rotatable bonds is 19. The van der Waals surface area contributed by atoms with Gasteiger partial charge in [0, 0.05) is 119 Å². The lowest BCUT2D eigenvalue weighted by molar-refractivity contribution is -0.137. The summed E-state index contributed by atoms with van der Waals surface area (Å²) in [5.74, 6) is 1.33. The fraction of sp³-hybridized carbons (Fsp3) is 0.508. The van der Waals surface area contributed by atoms with Gasteiger partial charge in [-0.25, -0.2) is 0 Å². The summed E-state index contributed by atoms with van der Waals surface area (Å²) in [5, 5.41) is 32.8. The number of likely N-dealkylation sites (N-methyl/N-ethyl adjacent to an activating group) is 1. The van der Waals surface area contributed by atoms with Crippen molar-refractivity contribution in [2.75, 3.05) is 126 Å². The van der Waals surface area contributed by atoms with E-state index in [9.17, 15) is 33.6 Å². The third-order valence-corrected chi connectivity index (χ3v) is 18.2. The summed E-state index contributed by atoms with van der Waals surface area (Å²) in [6.07, 6.45) is 1.67. The molecule has 0 aliphatic carbocycles. The number of alkyl halides is 3. The number of carbonyl (C=O) groups is 1. The number of aliphatic hydroxyl groups is 1. The van der Waals surface area contributed by atoms with Crippen LogP contribution in [0.1, 0.15) is 71.7 Å². The molecule has 6 atom stereocenters. The lowest BCUT2D eigenvalue weighted by atomic mass is 9.90. The fourth-order valence-corrected chi connectivity index (χ4v) is 13.8. The van der Waals surface area contributed by atoms with Gasteiger partial charge in [0.2, 0.25) is 5.91 Å². The molecular formula is C63H75F3N14O5. The Bertz CT molecular complexity index is 3340. The van der Waals surface area contributed by atoms with Crippen molar-refractivity contribution in [1.29, 1.82) is 10.5 Å². The first kappa shape index (κ1) is 59.1. The maximum atomic E-state index is 14.4. The van der Waals surface area contributed by atoms with Gasteiger partial charge in [0.25, 0.3) is 0 Å². The second-order valence-electron chi connectivity index (χ2n) is 23.1. The number of hydrogen-bond donors (Lipinski definition) is 1. The zero-order valence-electron chi connectivity index (χ0n) is 48.5. The molecule has 6 aliphatic heterocycles. The van der Waals surface area contributed by atoms with Crippen LogP contribution in [0.4, 0.5) is 36.2 Å². The van der Waals surface area contributed by atoms with Crippen LogP contribution in [0.25, 0.3) is 10.8 Å². The highest BCUT2D eigenvalue weighted by molar-refractivity contribution is 5.97. The van der Waals surface area contributed by atoms with Gasteiger partial charge in [0.15, 0.2) is 0 Å². The average Bonchev–Trinajstić information content (AvgIpc) is 4.26. The van der Waals surface area contributed by atoms with Gasteiger partial charge in [0.1, 0.15) is 31.1 Å². The van der Waals surface area contributed by atoms with Crippen molar-refractivity contribution in [3.8, 4) is 24.2 Å². The van der Waals surface area contributed by atoms with Gasteiger partial charge in [0.05, 0.1) is 67.7 Å². The van der Waals surface area contributed by atoms with Crippen LogP contribution in [-0.2, 0) is 41.6 Å². The number of amides is 1. The first-order chi connectivity index (χ1) is 41.3. The summed E-state index contributed by atoms with van der Waals surface area (Å²) in [5.41, 5.74) is 5.06. The van der Waals surface area contributed by atoms with Crippen LogP contribution in [0.3, 0.4) is 0 Å². The summed E-state index contributed by atoms with van der Waals surface area (Å²) in [6.45, 7) is 15.8. The number of likely N-dealkylation sites (tertiary alicyclic amines) is 2. The molecule has 2 aromatic heterocycles. The second kappa shape index (κ2) is 25.9. The quantitative estimate of drug-likeness (QED) is 0.0660. The Morgan fingerprint density at radius 1 is 0.741 bits per heavy atom. The molecule has 3 aromatic carbocycles. The first-order valence-electron chi connectivity index (χ1n) is 29.7. The minimum Gasteiger partial charge on any atom is -0.462 e. The molecule has 0 radical (unpaired) electrons. The number of halogens is 3. The van der Waals surface area contributed by atoms with Crippen LogP contribution in [-0.4, -0.2) is 187 Å². The van der Waals surface area contributed by atoms with E-state index in [1.54, 1.807) is 23.0 Å². The summed E-state index contributed by atoms with van der Waals surface area (Å²) < 4.78 is 61.6. The number of ether oxygens (including phenoxy) is 3. The molecule has 5 aromatic rings. The Kier molecular flexibility index (Phi) is 18.0. The highest BCUT2D eigenvalue weighted by Gasteiger charge is 2.40. The van der Waals surface area contributed by atoms with Crippen molar-refractivity contribution >= 4 is 39.7 Å². The molecule has 0 bridgehead atoms. The van der Waals surface area contributed by atoms with Crippen molar-refractivity contribution < 1.29 is 37.3 Å². The molecule has 0 spiro atoms. The summed E-state index contributed by atoms with van der Waals surface area (Å²) >= 11 is 0. The van der Waals surface area contributed by atoms with E-state index in [1.165, 1.54) is 35.2 Å². The number of piperazine rings is 2. The Morgan fingerprint density at radius 2 is 1.36 bits per heavy atom. The minimum atomic E-state index is -4.55. The molecule has 22 heteroatoms. The standard InChI is InChI=1S/C63H75F3N14O5/c1-5-57(81)79-30-28-77(36-43(79)19-23-67)59-50-21-26-75(38-53(50)69-61(71-59)84-40-45-12-11-25-74(45)32-33-83-4)55-18-17-47(48-13-7-8-14-49(48)55)42-34-46(73(3)35-42)41-85-62-70-54-39-76(56-16-10-9-15-52(56)63(64,65)66)27-22-51(54)60(72-62)78-29-31-80(58(82)6-2)44(37-78)20-24-68/h5-10,13-18,42-46,57,81H,1-2,11-12,19-22,25-41H2,3-4H3/t42?,43?,44-,45-,46-,57?/m0/s1. The molecule has 85 heavy (non-hydrogen) atoms. The van der Waals surface area contributed by atoms with Crippen LogP contribution in [0.15, 0.2) is 86.0 Å². The number of carbonyl (C=O) groups excluding carboxylic acids is 1. The normalized spacial score (nSPS) is 22.6. The molecule has 3 unspecified atom stereocenters. The van der Waals surface area contributed by atoms with Crippen molar-refractivity contribution in [1.82, 2.24) is 39.5 Å². The maximum absolute atomic E-state index is 14.4. The predicted molar refractivity (Wildman–Crippen MR) is 317 cm³/mol. The van der Waals surface area contributed by atoms with Crippen LogP contribution in [0.5, 0.6) is 12.0 Å². The number of aromatic nitrogens is 4. The molecule has 8 heterocycles. The number of methoxy groups -OCH3 is 1. The van der Waals surface area contributed by atoms with E-state index in [0.717, 1.165) is 85.2 Å². The summed E-state index contributed by atoms with van der Waals surface area (Å²) in [7, 11) is 3.82. The third kappa shape index (κ3) is 12.6. The van der Waals surface area contributed by atoms with Gasteiger partial charge in [-0.05, 0) is 92.9 Å². The zero-order valence-corrected chi connectivity index (χ0v) is 48.5. The maximum Gasteiger partial charge on any atom is 0.418 e. The van der Waals surface area contributed by atoms with Gasteiger partial charge in [-0.1, -0.05) is 55.6 Å². The zero-order chi connectivity index (χ0) is 59.4. The number of fused-ring (bicyclic) bond motifs is 3. The Labute approximate surface area is 495 Å². The SMILES string of the molecule is C=CC(=O)N1CCN(c2nc(OC[C@@H]3CC(c4ccc(N5CCc6c(nc(OC[C@@H]7CCCN7CCOC)nc6N6CCN(C(O)C=C)C(CC#N)C6)C5)c5ccccc45)CN3C)nc3c2CCN(c2ccccc2C(F)(F)F)C3)C[C@@H]1CC#N. The number of aliphatic hydroxyl groups excluding tert-OH is 1. The van der Waals surface area contributed by atoms with Crippen LogP contribution in [0, 0.1) is 22.7 Å². The van der Waals surface area contributed by atoms with Gasteiger partial charge in [-0.15, -0.1) is 0 Å². The van der Waals surface area contributed by atoms with Crippen LogP contribution in [0.2, 0.25) is 0 Å². The Hall–Kier alpha value is -7.60. The Morgan fingerprint density at radius 3 is 2.02 bits per heavy atom. The van der Waals surface area contributed by atoms with Crippen molar-refractivity contribution in [2.45, 2.75) is 101 Å². The van der Waals surface area contributed by atoms with E-state index in [4.69, 9.17) is 34.1 Å². The monoisotopic (exact) mass is 1160 g/mol.